The number of aromatic nitrogens is 6. The van der Waals surface area contributed by atoms with Crippen LogP contribution in [0.4, 0.5) is 5.82 Å². The summed E-state index contributed by atoms with van der Waals surface area (Å²) in [6.45, 7) is 1.77. The van der Waals surface area contributed by atoms with Crippen molar-refractivity contribution in [2.45, 2.75) is 13.0 Å². The summed E-state index contributed by atoms with van der Waals surface area (Å²) in [5.41, 5.74) is 8.02. The fourth-order valence-corrected chi connectivity index (χ4v) is 4.87. The van der Waals surface area contributed by atoms with Crippen LogP contribution in [-0.4, -0.2) is 30.5 Å². The number of nitrogens with zero attached hydrogens (tertiary/aromatic N) is 5. The molecular formula is C28H21N8O2S+. The highest BCUT2D eigenvalue weighted by Crippen LogP contribution is 2.21. The fraction of sp³-hybridized carbons (Fsp3) is 0.0714. The van der Waals surface area contributed by atoms with E-state index in [9.17, 15) is 9.59 Å². The van der Waals surface area contributed by atoms with Crippen molar-refractivity contribution in [3.63, 3.8) is 0 Å². The Balaban J connectivity index is 1.48. The molecule has 0 radical (unpaired) electrons. The molecule has 4 heterocycles. The molecule has 1 amide bonds. The van der Waals surface area contributed by atoms with Crippen LogP contribution in [0.1, 0.15) is 39.7 Å². The summed E-state index contributed by atoms with van der Waals surface area (Å²) in [6, 6.07) is 15.6. The Labute approximate surface area is 225 Å². The van der Waals surface area contributed by atoms with Crippen molar-refractivity contribution >= 4 is 39.6 Å². The molecule has 0 aliphatic rings. The smallest absolute Gasteiger partial charge is 0.362 e. The second-order valence-corrected chi connectivity index (χ2v) is 9.54. The predicted molar refractivity (Wildman–Crippen MR) is 147 cm³/mol. The lowest BCUT2D eigenvalue weighted by Crippen LogP contribution is -2.34. The normalized spacial score (nSPS) is 11.7. The first-order chi connectivity index (χ1) is 19.0. The molecule has 0 saturated carbocycles. The number of nitrogens with one attached hydrogen (secondary N) is 2. The second kappa shape index (κ2) is 9.85. The number of fused-ring (bicyclic) bond motifs is 2. The van der Waals surface area contributed by atoms with E-state index in [-0.39, 0.29) is 16.9 Å². The highest BCUT2D eigenvalue weighted by Gasteiger charge is 2.27. The lowest BCUT2D eigenvalue weighted by molar-refractivity contribution is -0.577. The molecule has 0 saturated heterocycles. The zero-order chi connectivity index (χ0) is 26.9. The largest absolute Gasteiger partial charge is 0.382 e. The number of thiazole rings is 1. The molecule has 0 aliphatic carbocycles. The summed E-state index contributed by atoms with van der Waals surface area (Å²) in [4.78, 5) is 40.8. The molecule has 1 unspecified atom stereocenters. The summed E-state index contributed by atoms with van der Waals surface area (Å²) in [5, 5.41) is 8.73. The number of anilines is 1. The van der Waals surface area contributed by atoms with E-state index in [2.05, 4.69) is 32.2 Å². The van der Waals surface area contributed by atoms with Gasteiger partial charge in [-0.2, -0.15) is 0 Å². The van der Waals surface area contributed by atoms with E-state index >= 15 is 0 Å². The number of carbonyl (C=O) groups is 1. The van der Waals surface area contributed by atoms with Gasteiger partial charge in [-0.25, -0.2) is 15.1 Å². The number of rotatable bonds is 4. The van der Waals surface area contributed by atoms with Gasteiger partial charge in [0.25, 0.3) is 11.5 Å². The first kappa shape index (κ1) is 24.0. The lowest BCUT2D eigenvalue weighted by Gasteiger charge is -2.19. The summed E-state index contributed by atoms with van der Waals surface area (Å²) < 4.78 is 3.07. The average molecular weight is 534 g/mol. The molecule has 0 spiro atoms. The van der Waals surface area contributed by atoms with Gasteiger partial charge in [-0.05, 0) is 42.1 Å². The van der Waals surface area contributed by atoms with E-state index in [0.717, 1.165) is 0 Å². The van der Waals surface area contributed by atoms with Crippen LogP contribution >= 0.6 is 11.3 Å². The third kappa shape index (κ3) is 4.39. The standard InChI is InChI=1S/C28H20N8O2S/c1-17(32-27(37)23-24(29)34-35-15-6-13-31-26(23)35)25-33-20-10-5-7-18(11-12-21-30-14-16-39-21)22(20)28(38)36(25)19-8-3-2-4-9-19/h2-10,13-17H,1H3,(H3,29,32,34,37)/p+1. The highest BCUT2D eigenvalue weighted by atomic mass is 32.1. The van der Waals surface area contributed by atoms with E-state index < -0.39 is 11.9 Å². The Bertz CT molecular complexity index is 1970. The van der Waals surface area contributed by atoms with Crippen LogP contribution in [0.25, 0.3) is 22.2 Å². The number of nitrogen functional groups attached to an aromatic ring is 1. The van der Waals surface area contributed by atoms with Crippen LogP contribution in [0.5, 0.6) is 0 Å². The number of aromatic amines is 1. The first-order valence-corrected chi connectivity index (χ1v) is 12.9. The van der Waals surface area contributed by atoms with Crippen molar-refractivity contribution < 1.29 is 9.31 Å². The highest BCUT2D eigenvalue weighted by molar-refractivity contribution is 7.10. The van der Waals surface area contributed by atoms with Crippen LogP contribution in [-0.2, 0) is 0 Å². The fourth-order valence-electron chi connectivity index (χ4n) is 4.38. The summed E-state index contributed by atoms with van der Waals surface area (Å²) in [6.07, 6.45) is 4.98. The van der Waals surface area contributed by atoms with Crippen molar-refractivity contribution in [2.24, 2.45) is 0 Å². The Kier molecular flexibility index (Phi) is 6.07. The maximum absolute atomic E-state index is 14.1. The molecule has 0 bridgehead atoms. The van der Waals surface area contributed by atoms with Gasteiger partial charge in [0.15, 0.2) is 16.4 Å². The van der Waals surface area contributed by atoms with Crippen LogP contribution in [0.3, 0.4) is 0 Å². The third-order valence-electron chi connectivity index (χ3n) is 6.12. The number of para-hydroxylation sites is 1. The van der Waals surface area contributed by atoms with E-state index in [0.29, 0.717) is 38.6 Å². The predicted octanol–water partition coefficient (Wildman–Crippen LogP) is 2.78. The summed E-state index contributed by atoms with van der Waals surface area (Å²) >= 11 is 1.42. The maximum Gasteiger partial charge on any atom is 0.362 e. The quantitative estimate of drug-likeness (QED) is 0.236. The Morgan fingerprint density at radius 2 is 1.95 bits per heavy atom. The van der Waals surface area contributed by atoms with E-state index in [1.54, 1.807) is 54.3 Å². The van der Waals surface area contributed by atoms with Gasteiger partial charge in [0.1, 0.15) is 18.2 Å². The molecular weight excluding hydrogens is 512 g/mol. The first-order valence-electron chi connectivity index (χ1n) is 12.0. The number of H-pyrrole nitrogens is 1. The van der Waals surface area contributed by atoms with Gasteiger partial charge < -0.3 is 11.1 Å². The van der Waals surface area contributed by atoms with Gasteiger partial charge in [-0.3, -0.25) is 14.2 Å². The minimum absolute atomic E-state index is 0.175. The molecule has 39 heavy (non-hydrogen) atoms. The number of benzene rings is 2. The second-order valence-electron chi connectivity index (χ2n) is 8.64. The van der Waals surface area contributed by atoms with Crippen molar-refractivity contribution in [3.8, 4) is 17.5 Å². The monoisotopic (exact) mass is 533 g/mol. The SMILES string of the molecule is CC(NC(=O)c1c(N)[nH][n+]2cccnc12)c1nc2cccc(C#Cc3nccs3)c2c(=O)n1-c1ccccc1. The number of nitrogens with two attached hydrogens (primary N) is 1. The van der Waals surface area contributed by atoms with Crippen LogP contribution in [0.15, 0.2) is 83.4 Å². The van der Waals surface area contributed by atoms with Gasteiger partial charge >= 0.3 is 5.65 Å². The van der Waals surface area contributed by atoms with Crippen LogP contribution in [0.2, 0.25) is 0 Å². The minimum Gasteiger partial charge on any atom is -0.382 e. The zero-order valence-corrected chi connectivity index (χ0v) is 21.4. The Morgan fingerprint density at radius 1 is 1.10 bits per heavy atom. The Morgan fingerprint density at radius 3 is 2.74 bits per heavy atom. The molecule has 190 valence electrons. The topological polar surface area (TPSA) is 136 Å². The van der Waals surface area contributed by atoms with Crippen molar-refractivity contribution in [1.29, 1.82) is 0 Å². The summed E-state index contributed by atoms with van der Waals surface area (Å²) in [7, 11) is 0. The van der Waals surface area contributed by atoms with E-state index in [1.165, 1.54) is 15.9 Å². The molecule has 6 rings (SSSR count). The molecule has 4 aromatic heterocycles. The van der Waals surface area contributed by atoms with Gasteiger partial charge in [-0.15, -0.1) is 15.9 Å². The van der Waals surface area contributed by atoms with Crippen LogP contribution < -0.4 is 21.1 Å². The molecule has 6 aromatic rings. The molecule has 0 fully saturated rings. The molecule has 1 atom stereocenters. The molecule has 2 aromatic carbocycles. The van der Waals surface area contributed by atoms with Crippen molar-refractivity contribution in [3.05, 3.63) is 111 Å². The number of hydrogen-bond acceptors (Lipinski definition) is 7. The minimum atomic E-state index is -0.669. The zero-order valence-electron chi connectivity index (χ0n) is 20.6. The summed E-state index contributed by atoms with van der Waals surface area (Å²) in [5.74, 6) is 6.18. The number of carbonyl (C=O) groups excluding carboxylic acids is 1. The van der Waals surface area contributed by atoms with Crippen molar-refractivity contribution in [2.75, 3.05) is 5.73 Å². The van der Waals surface area contributed by atoms with E-state index in [1.807, 2.05) is 35.7 Å². The number of hydrogen-bond donors (Lipinski definition) is 3. The molecule has 0 aliphatic heterocycles. The average Bonchev–Trinajstić information content (AvgIpc) is 3.59. The molecule has 10 nitrogen and oxygen atoms in total. The van der Waals surface area contributed by atoms with Crippen LogP contribution in [0, 0.1) is 11.8 Å². The van der Waals surface area contributed by atoms with Gasteiger partial charge in [-0.1, -0.05) is 30.2 Å². The van der Waals surface area contributed by atoms with Crippen molar-refractivity contribution in [1.82, 2.24) is 29.9 Å². The maximum atomic E-state index is 14.1. The number of amides is 1. The van der Waals surface area contributed by atoms with E-state index in [4.69, 9.17) is 10.7 Å². The molecule has 4 N–H and O–H groups in total. The Hall–Kier alpha value is -5.34. The third-order valence-corrected chi connectivity index (χ3v) is 6.80. The van der Waals surface area contributed by atoms with Gasteiger partial charge in [0.05, 0.1) is 22.6 Å². The van der Waals surface area contributed by atoms with Gasteiger partial charge in [0, 0.05) is 23.2 Å². The lowest BCUT2D eigenvalue weighted by atomic mass is 10.1. The van der Waals surface area contributed by atoms with Gasteiger partial charge in [0.2, 0.25) is 0 Å². The molecule has 11 heteroatoms.